The Morgan fingerprint density at radius 3 is 1.72 bits per heavy atom. The quantitative estimate of drug-likeness (QED) is 0.380. The van der Waals surface area contributed by atoms with E-state index in [0.717, 1.165) is 5.56 Å². The van der Waals surface area contributed by atoms with E-state index in [9.17, 15) is 24.3 Å². The molecule has 0 aromatic heterocycles. The number of aliphatic carboxylic acids is 3. The van der Waals surface area contributed by atoms with E-state index >= 15 is 0 Å². The summed E-state index contributed by atoms with van der Waals surface area (Å²) in [4.78, 5) is 43.9. The van der Waals surface area contributed by atoms with Crippen molar-refractivity contribution in [3.63, 3.8) is 0 Å². The largest absolute Gasteiger partial charge is 0.481 e. The molecule has 5 N–H and O–H groups in total. The average Bonchev–Trinajstić information content (AvgIpc) is 2.61. The zero-order valence-electron chi connectivity index (χ0n) is 16.5. The van der Waals surface area contributed by atoms with Gasteiger partial charge in [-0.2, -0.15) is 0 Å². The predicted octanol–water partition coefficient (Wildman–Crippen LogP) is 0.238. The highest BCUT2D eigenvalue weighted by Gasteiger charge is 2.40. The molecule has 0 bridgehead atoms. The van der Waals surface area contributed by atoms with Crippen molar-refractivity contribution in [2.75, 3.05) is 20.7 Å². The Hall–Kier alpha value is -2.98. The number of hydrogen-bond donors (Lipinski definition) is 5. The van der Waals surface area contributed by atoms with E-state index < -0.39 is 36.4 Å². The minimum Gasteiger partial charge on any atom is -0.481 e. The fraction of sp³-hybridized carbons (Fsp3) is 0.474. The first kappa shape index (κ1) is 26.0. The van der Waals surface area contributed by atoms with Gasteiger partial charge in [0, 0.05) is 25.9 Å². The molecule has 10 heteroatoms. The number of carboxylic acid groups (broad SMARTS) is 3. The smallest absolute Gasteiger partial charge is 0.336 e. The van der Waals surface area contributed by atoms with Gasteiger partial charge in [-0.3, -0.25) is 14.4 Å². The van der Waals surface area contributed by atoms with Crippen LogP contribution in [0.5, 0.6) is 0 Å². The lowest BCUT2D eigenvalue weighted by atomic mass is 9.87. The molecular formula is C19H27NO9. The van der Waals surface area contributed by atoms with Crippen LogP contribution in [-0.2, 0) is 19.2 Å². The van der Waals surface area contributed by atoms with Gasteiger partial charge in [-0.15, -0.1) is 0 Å². The minimum absolute atomic E-state index is 0.00917. The molecule has 2 atom stereocenters. The molecule has 0 aliphatic heterocycles. The number of rotatable bonds is 9. The van der Waals surface area contributed by atoms with Gasteiger partial charge in [0.2, 0.25) is 5.91 Å². The number of aliphatic hydroxyl groups excluding tert-OH is 1. The van der Waals surface area contributed by atoms with Crippen LogP contribution in [0.25, 0.3) is 0 Å². The first-order chi connectivity index (χ1) is 13.4. The lowest BCUT2D eigenvalue weighted by Gasteiger charge is -2.24. The van der Waals surface area contributed by atoms with Crippen LogP contribution in [0.4, 0.5) is 0 Å². The fourth-order valence-electron chi connectivity index (χ4n) is 2.55. The summed E-state index contributed by atoms with van der Waals surface area (Å²) < 4.78 is 0. The maximum Gasteiger partial charge on any atom is 0.336 e. The summed E-state index contributed by atoms with van der Waals surface area (Å²) in [6.45, 7) is 1.85. The van der Waals surface area contributed by atoms with E-state index in [1.807, 2.05) is 37.3 Å². The summed E-state index contributed by atoms with van der Waals surface area (Å²) in [5.74, 6) is -5.31. The monoisotopic (exact) mass is 413 g/mol. The number of aliphatic hydroxyl groups is 2. The maximum absolute atomic E-state index is 11.8. The standard InChI is InChI=1S/C13H19NO2.C6H8O7/c1-10(13(16)14(2)3)12(9-15)11-7-5-4-6-8-11;7-3(8)1-6(13,5(11)12)2-4(9)10/h4-8,10,12,15H,9H2,1-3H3;13H,1-2H2,(H,7,8)(H,9,10)(H,11,12). The third-order valence-electron chi connectivity index (χ3n) is 4.14. The van der Waals surface area contributed by atoms with Crippen LogP contribution in [0.15, 0.2) is 30.3 Å². The zero-order chi connectivity index (χ0) is 22.8. The molecule has 2 unspecified atom stereocenters. The number of carboxylic acids is 3. The molecule has 1 aromatic rings. The van der Waals surface area contributed by atoms with Crippen LogP contribution in [-0.4, -0.2) is 80.6 Å². The van der Waals surface area contributed by atoms with Crippen molar-refractivity contribution in [2.45, 2.75) is 31.3 Å². The van der Waals surface area contributed by atoms with Crippen LogP contribution < -0.4 is 0 Å². The number of carbonyl (C=O) groups is 4. The molecule has 10 nitrogen and oxygen atoms in total. The van der Waals surface area contributed by atoms with Gasteiger partial charge < -0.3 is 30.4 Å². The van der Waals surface area contributed by atoms with Gasteiger partial charge in [-0.1, -0.05) is 37.3 Å². The number of carbonyl (C=O) groups excluding carboxylic acids is 1. The second-order valence-electron chi connectivity index (χ2n) is 6.70. The van der Waals surface area contributed by atoms with Crippen molar-refractivity contribution in [2.24, 2.45) is 5.92 Å². The highest BCUT2D eigenvalue weighted by molar-refractivity contribution is 5.88. The number of hydrogen-bond acceptors (Lipinski definition) is 6. The van der Waals surface area contributed by atoms with Gasteiger partial charge in [0.1, 0.15) is 0 Å². The van der Waals surface area contributed by atoms with E-state index in [0.29, 0.717) is 0 Å². The molecule has 1 amide bonds. The van der Waals surface area contributed by atoms with E-state index in [1.165, 1.54) is 0 Å². The SMILES string of the molecule is CC(C(=O)N(C)C)C(CO)c1ccccc1.O=C(O)CC(O)(CC(=O)O)C(=O)O. The summed E-state index contributed by atoms with van der Waals surface area (Å²) in [6.07, 6.45) is -2.29. The molecule has 0 saturated carbocycles. The third kappa shape index (κ3) is 8.71. The molecule has 0 aliphatic carbocycles. The van der Waals surface area contributed by atoms with E-state index in [2.05, 4.69) is 0 Å². The topological polar surface area (TPSA) is 173 Å². The summed E-state index contributed by atoms with van der Waals surface area (Å²) in [5, 5.41) is 43.2. The van der Waals surface area contributed by atoms with Crippen molar-refractivity contribution in [1.29, 1.82) is 0 Å². The molecular weight excluding hydrogens is 386 g/mol. The van der Waals surface area contributed by atoms with Gasteiger partial charge >= 0.3 is 17.9 Å². The highest BCUT2D eigenvalue weighted by Crippen LogP contribution is 2.25. The molecule has 1 aromatic carbocycles. The molecule has 0 saturated heterocycles. The third-order valence-corrected chi connectivity index (χ3v) is 4.14. The van der Waals surface area contributed by atoms with Crippen LogP contribution in [0.1, 0.15) is 31.2 Å². The zero-order valence-corrected chi connectivity index (χ0v) is 16.5. The Morgan fingerprint density at radius 1 is 0.966 bits per heavy atom. The van der Waals surface area contributed by atoms with Gasteiger partial charge in [0.05, 0.1) is 19.4 Å². The van der Waals surface area contributed by atoms with Gasteiger partial charge in [-0.25, -0.2) is 4.79 Å². The van der Waals surface area contributed by atoms with Gasteiger partial charge in [0.15, 0.2) is 5.60 Å². The Labute approximate surface area is 168 Å². The van der Waals surface area contributed by atoms with Crippen LogP contribution in [0, 0.1) is 5.92 Å². The van der Waals surface area contributed by atoms with Crippen molar-refractivity contribution >= 4 is 23.8 Å². The van der Waals surface area contributed by atoms with Crippen molar-refractivity contribution in [3.05, 3.63) is 35.9 Å². The molecule has 162 valence electrons. The fourth-order valence-corrected chi connectivity index (χ4v) is 2.55. The first-order valence-electron chi connectivity index (χ1n) is 8.62. The average molecular weight is 413 g/mol. The Balaban J connectivity index is 0.000000555. The minimum atomic E-state index is -2.74. The Bertz CT molecular complexity index is 687. The summed E-state index contributed by atoms with van der Waals surface area (Å²) in [5.41, 5.74) is -1.73. The first-order valence-corrected chi connectivity index (χ1v) is 8.62. The second kappa shape index (κ2) is 11.8. The maximum atomic E-state index is 11.8. The van der Waals surface area contributed by atoms with Gasteiger partial charge in [-0.05, 0) is 5.56 Å². The summed E-state index contributed by atoms with van der Waals surface area (Å²) in [6, 6.07) is 9.66. The summed E-state index contributed by atoms with van der Waals surface area (Å²) >= 11 is 0. The number of benzene rings is 1. The summed E-state index contributed by atoms with van der Waals surface area (Å²) in [7, 11) is 3.47. The Kier molecular flexibility index (Phi) is 10.6. The van der Waals surface area contributed by atoms with E-state index in [-0.39, 0.29) is 24.3 Å². The van der Waals surface area contributed by atoms with Crippen molar-refractivity contribution < 1.29 is 44.7 Å². The molecule has 0 radical (unpaired) electrons. The van der Waals surface area contributed by atoms with Crippen molar-refractivity contribution in [1.82, 2.24) is 4.90 Å². The number of nitrogens with zero attached hydrogens (tertiary/aromatic N) is 1. The van der Waals surface area contributed by atoms with Crippen molar-refractivity contribution in [3.8, 4) is 0 Å². The Morgan fingerprint density at radius 2 is 1.41 bits per heavy atom. The lowest BCUT2D eigenvalue weighted by molar-refractivity contribution is -0.170. The molecule has 0 heterocycles. The normalized spacial score (nSPS) is 12.7. The highest BCUT2D eigenvalue weighted by atomic mass is 16.4. The molecule has 29 heavy (non-hydrogen) atoms. The molecule has 1 rings (SSSR count). The lowest BCUT2D eigenvalue weighted by Crippen LogP contribution is -2.42. The predicted molar refractivity (Wildman–Crippen MR) is 101 cm³/mol. The number of amides is 1. The second-order valence-corrected chi connectivity index (χ2v) is 6.70. The van der Waals surface area contributed by atoms with E-state index in [4.69, 9.17) is 20.4 Å². The van der Waals surface area contributed by atoms with Gasteiger partial charge in [0.25, 0.3) is 0 Å². The molecule has 0 fully saturated rings. The van der Waals surface area contributed by atoms with E-state index in [1.54, 1.807) is 19.0 Å². The molecule has 0 aliphatic rings. The van der Waals surface area contributed by atoms with Crippen LogP contribution in [0.3, 0.4) is 0 Å². The van der Waals surface area contributed by atoms with Crippen LogP contribution in [0.2, 0.25) is 0 Å². The van der Waals surface area contributed by atoms with Crippen LogP contribution >= 0.6 is 0 Å². The molecule has 0 spiro atoms.